The Bertz CT molecular complexity index is 733. The number of fused-ring (bicyclic) bond motifs is 2. The van der Waals surface area contributed by atoms with E-state index in [1.807, 2.05) is 10.8 Å². The Balaban J connectivity index is 1.84. The molecule has 1 N–H and O–H groups in total. The summed E-state index contributed by atoms with van der Waals surface area (Å²) in [5.74, 6) is -1.06. The average Bonchev–Trinajstić information content (AvgIpc) is 3.02. The highest BCUT2D eigenvalue weighted by Gasteiger charge is 2.58. The molecule has 0 saturated heterocycles. The minimum absolute atomic E-state index is 0.264. The fraction of sp³-hybridized carbons (Fsp3) is 0.357. The van der Waals surface area contributed by atoms with Crippen molar-refractivity contribution in [3.8, 4) is 0 Å². The standard InChI is InChI=1S/C14H12F2N2S/c15-11-3-1-2-10(12(11)16)14-5-8(14)4-9-6-17-13(19)18(9)7-14/h1-3,6,8H,4-5,7H2,(H,17,19)/t8?,14-/m0/s1. The van der Waals surface area contributed by atoms with Crippen LogP contribution in [-0.2, 0) is 18.4 Å². The molecule has 0 radical (unpaired) electrons. The van der Waals surface area contributed by atoms with Gasteiger partial charge in [-0.1, -0.05) is 12.1 Å². The maximum absolute atomic E-state index is 14.0. The molecule has 0 bridgehead atoms. The molecule has 19 heavy (non-hydrogen) atoms. The first-order chi connectivity index (χ1) is 9.12. The summed E-state index contributed by atoms with van der Waals surface area (Å²) in [5, 5.41) is 0. The first-order valence-electron chi connectivity index (χ1n) is 6.33. The predicted octanol–water partition coefficient (Wildman–Crippen LogP) is 3.34. The van der Waals surface area contributed by atoms with Crippen LogP contribution in [0, 0.1) is 22.3 Å². The number of H-pyrrole nitrogens is 1. The summed E-state index contributed by atoms with van der Waals surface area (Å²) in [4.78, 5) is 3.02. The number of benzene rings is 1. The van der Waals surface area contributed by atoms with Gasteiger partial charge in [-0.15, -0.1) is 0 Å². The highest BCUT2D eigenvalue weighted by molar-refractivity contribution is 7.71. The first-order valence-corrected chi connectivity index (χ1v) is 6.74. The number of nitrogens with one attached hydrogen (secondary N) is 1. The number of aromatic amines is 1. The smallest absolute Gasteiger partial charge is 0.177 e. The molecule has 1 aliphatic heterocycles. The van der Waals surface area contributed by atoms with Crippen molar-refractivity contribution in [3.63, 3.8) is 0 Å². The van der Waals surface area contributed by atoms with Crippen molar-refractivity contribution in [1.82, 2.24) is 9.55 Å². The monoisotopic (exact) mass is 278 g/mol. The van der Waals surface area contributed by atoms with Gasteiger partial charge in [0.1, 0.15) is 0 Å². The summed E-state index contributed by atoms with van der Waals surface area (Å²) in [7, 11) is 0. The maximum Gasteiger partial charge on any atom is 0.177 e. The van der Waals surface area contributed by atoms with Crippen molar-refractivity contribution in [1.29, 1.82) is 0 Å². The van der Waals surface area contributed by atoms with Crippen LogP contribution in [0.2, 0.25) is 0 Å². The molecule has 2 heterocycles. The largest absolute Gasteiger partial charge is 0.337 e. The summed E-state index contributed by atoms with van der Waals surface area (Å²) in [6.45, 7) is 0.649. The molecule has 98 valence electrons. The number of aromatic nitrogens is 2. The van der Waals surface area contributed by atoms with E-state index in [2.05, 4.69) is 4.98 Å². The quantitative estimate of drug-likeness (QED) is 0.793. The zero-order valence-electron chi connectivity index (χ0n) is 10.1. The Hall–Kier alpha value is -1.49. The van der Waals surface area contributed by atoms with Crippen LogP contribution in [0.5, 0.6) is 0 Å². The molecule has 1 aliphatic carbocycles. The van der Waals surface area contributed by atoms with E-state index >= 15 is 0 Å². The summed E-state index contributed by atoms with van der Waals surface area (Å²) in [6, 6.07) is 4.46. The lowest BCUT2D eigenvalue weighted by Gasteiger charge is -2.25. The van der Waals surface area contributed by atoms with Crippen LogP contribution in [0.1, 0.15) is 17.7 Å². The molecule has 5 heteroatoms. The number of halogens is 2. The number of hydrogen-bond acceptors (Lipinski definition) is 1. The fourth-order valence-electron chi connectivity index (χ4n) is 3.45. The maximum atomic E-state index is 14.0. The topological polar surface area (TPSA) is 20.7 Å². The molecule has 2 aromatic rings. The molecular weight excluding hydrogens is 266 g/mol. The molecule has 0 amide bonds. The second-order valence-electron chi connectivity index (χ2n) is 5.53. The van der Waals surface area contributed by atoms with Gasteiger partial charge in [0.2, 0.25) is 0 Å². The Morgan fingerprint density at radius 3 is 3.05 bits per heavy atom. The molecule has 1 unspecified atom stereocenters. The van der Waals surface area contributed by atoms with Gasteiger partial charge in [0.25, 0.3) is 0 Å². The molecule has 4 rings (SSSR count). The molecular formula is C14H12F2N2S. The van der Waals surface area contributed by atoms with Crippen molar-refractivity contribution < 1.29 is 8.78 Å². The minimum Gasteiger partial charge on any atom is -0.337 e. The highest BCUT2D eigenvalue weighted by Crippen LogP contribution is 2.59. The summed E-state index contributed by atoms with van der Waals surface area (Å²) in [5.41, 5.74) is 1.41. The van der Waals surface area contributed by atoms with Gasteiger partial charge in [-0.2, -0.15) is 0 Å². The summed E-state index contributed by atoms with van der Waals surface area (Å²) >= 11 is 5.24. The van der Waals surface area contributed by atoms with Crippen molar-refractivity contribution in [2.75, 3.05) is 0 Å². The van der Waals surface area contributed by atoms with Gasteiger partial charge in [-0.3, -0.25) is 0 Å². The lowest BCUT2D eigenvalue weighted by Crippen LogP contribution is -2.26. The van der Waals surface area contributed by atoms with Crippen LogP contribution < -0.4 is 0 Å². The van der Waals surface area contributed by atoms with Crippen molar-refractivity contribution in [2.45, 2.75) is 24.8 Å². The SMILES string of the molecule is Fc1cccc([C@]23CC2Cc2c[nH]c(=S)n2C3)c1F. The van der Waals surface area contributed by atoms with E-state index in [0.717, 1.165) is 12.8 Å². The number of hydrogen-bond donors (Lipinski definition) is 1. The van der Waals surface area contributed by atoms with E-state index in [4.69, 9.17) is 12.2 Å². The van der Waals surface area contributed by atoms with E-state index in [-0.39, 0.29) is 5.41 Å². The van der Waals surface area contributed by atoms with Gasteiger partial charge in [0.15, 0.2) is 16.4 Å². The Morgan fingerprint density at radius 1 is 1.37 bits per heavy atom. The Kier molecular flexibility index (Phi) is 2.11. The third kappa shape index (κ3) is 1.42. The van der Waals surface area contributed by atoms with Crippen LogP contribution in [-0.4, -0.2) is 9.55 Å². The average molecular weight is 278 g/mol. The Morgan fingerprint density at radius 2 is 2.21 bits per heavy atom. The third-order valence-electron chi connectivity index (χ3n) is 4.57. The van der Waals surface area contributed by atoms with Crippen LogP contribution >= 0.6 is 12.2 Å². The molecule has 1 aromatic heterocycles. The van der Waals surface area contributed by atoms with Gasteiger partial charge in [-0.25, -0.2) is 8.78 Å². The molecule has 1 saturated carbocycles. The van der Waals surface area contributed by atoms with Gasteiger partial charge in [0, 0.05) is 23.9 Å². The van der Waals surface area contributed by atoms with Crippen molar-refractivity contribution in [3.05, 3.63) is 52.1 Å². The van der Waals surface area contributed by atoms with Gasteiger partial charge >= 0.3 is 0 Å². The second kappa shape index (κ2) is 3.54. The molecule has 1 fully saturated rings. The summed E-state index contributed by atoms with van der Waals surface area (Å²) < 4.78 is 30.2. The predicted molar refractivity (Wildman–Crippen MR) is 69.5 cm³/mol. The third-order valence-corrected chi connectivity index (χ3v) is 4.91. The van der Waals surface area contributed by atoms with Crippen LogP contribution in [0.4, 0.5) is 8.78 Å². The molecule has 2 atom stereocenters. The normalized spacial score (nSPS) is 27.8. The lowest BCUT2D eigenvalue weighted by molar-refractivity contribution is 0.411. The lowest BCUT2D eigenvalue weighted by atomic mass is 9.89. The van der Waals surface area contributed by atoms with E-state index in [9.17, 15) is 8.78 Å². The number of nitrogens with zero attached hydrogens (tertiary/aromatic N) is 1. The van der Waals surface area contributed by atoms with Crippen LogP contribution in [0.25, 0.3) is 0 Å². The first kappa shape index (κ1) is 11.3. The van der Waals surface area contributed by atoms with Crippen molar-refractivity contribution in [2.24, 2.45) is 5.92 Å². The van der Waals surface area contributed by atoms with E-state index in [1.54, 1.807) is 12.1 Å². The number of imidazole rings is 1. The van der Waals surface area contributed by atoms with Gasteiger partial charge in [0.05, 0.1) is 0 Å². The fourth-order valence-corrected chi connectivity index (χ4v) is 3.69. The molecule has 2 aliphatic rings. The number of rotatable bonds is 1. The minimum atomic E-state index is -0.763. The van der Waals surface area contributed by atoms with Gasteiger partial charge < -0.3 is 9.55 Å². The van der Waals surface area contributed by atoms with E-state index in [1.165, 1.54) is 11.8 Å². The van der Waals surface area contributed by atoms with E-state index in [0.29, 0.717) is 22.8 Å². The highest BCUT2D eigenvalue weighted by atomic mass is 32.1. The van der Waals surface area contributed by atoms with Crippen LogP contribution in [0.3, 0.4) is 0 Å². The summed E-state index contributed by atoms with van der Waals surface area (Å²) in [6.07, 6.45) is 3.71. The molecule has 0 spiro atoms. The second-order valence-corrected chi connectivity index (χ2v) is 5.92. The van der Waals surface area contributed by atoms with Gasteiger partial charge in [-0.05, 0) is 42.6 Å². The Labute approximate surface area is 114 Å². The van der Waals surface area contributed by atoms with Crippen molar-refractivity contribution >= 4 is 12.2 Å². The zero-order chi connectivity index (χ0) is 13.2. The van der Waals surface area contributed by atoms with Crippen LogP contribution in [0.15, 0.2) is 24.4 Å². The molecule has 1 aromatic carbocycles. The zero-order valence-corrected chi connectivity index (χ0v) is 10.9. The molecule has 2 nitrogen and oxygen atoms in total. The van der Waals surface area contributed by atoms with E-state index < -0.39 is 11.6 Å².